The van der Waals surface area contributed by atoms with Gasteiger partial charge in [-0.3, -0.25) is 4.68 Å². The zero-order valence-corrected chi connectivity index (χ0v) is 28.4. The Balaban J connectivity index is 1.43. The molecule has 0 spiro atoms. The molecule has 0 fully saturated rings. The molecule has 51 heavy (non-hydrogen) atoms. The molecule has 0 bridgehead atoms. The summed E-state index contributed by atoms with van der Waals surface area (Å²) in [7, 11) is -3.41. The fourth-order valence-corrected chi connectivity index (χ4v) is 7.46. The average molecular weight is 687 g/mol. The highest BCUT2D eigenvalue weighted by Gasteiger charge is 2.40. The predicted molar refractivity (Wildman–Crippen MR) is 199 cm³/mol. The van der Waals surface area contributed by atoms with E-state index in [-0.39, 0.29) is 10.7 Å². The second-order valence-electron chi connectivity index (χ2n) is 12.4. The molecule has 0 aliphatic heterocycles. The molecule has 2 heterocycles. The fraction of sp³-hybridized carbons (Fsp3) is 0.0465. The molecule has 0 aliphatic carbocycles. The minimum atomic E-state index is -3.41. The Bertz CT molecular complexity index is 2500. The van der Waals surface area contributed by atoms with Crippen molar-refractivity contribution in [1.29, 1.82) is 0 Å². The lowest BCUT2D eigenvalue weighted by molar-refractivity contribution is 0.461. The van der Waals surface area contributed by atoms with Crippen LogP contribution in [0.25, 0.3) is 44.5 Å². The lowest BCUT2D eigenvalue weighted by Crippen LogP contribution is -2.38. The van der Waals surface area contributed by atoms with Crippen molar-refractivity contribution in [2.75, 3.05) is 6.26 Å². The largest absolute Gasteiger partial charge is 0.252 e. The number of rotatable bonds is 8. The summed E-state index contributed by atoms with van der Waals surface area (Å²) in [5, 5.41) is 6.21. The van der Waals surface area contributed by atoms with Crippen molar-refractivity contribution in [1.82, 2.24) is 19.7 Å². The Labute approximate surface area is 295 Å². The fourth-order valence-electron chi connectivity index (χ4n) is 6.83. The van der Waals surface area contributed by atoms with Gasteiger partial charge in [0.2, 0.25) is 0 Å². The Morgan fingerprint density at radius 2 is 1.10 bits per heavy atom. The summed E-state index contributed by atoms with van der Waals surface area (Å²) in [5.74, 6) is -0.324. The van der Waals surface area contributed by atoms with Gasteiger partial charge >= 0.3 is 0 Å². The summed E-state index contributed by atoms with van der Waals surface area (Å²) in [6.45, 7) is 0. The first-order chi connectivity index (χ1) is 24.8. The molecule has 8 aromatic rings. The van der Waals surface area contributed by atoms with Crippen LogP contribution in [0, 0.1) is 5.82 Å². The second kappa shape index (κ2) is 12.9. The van der Waals surface area contributed by atoms with Crippen LogP contribution in [0.1, 0.15) is 16.7 Å². The third-order valence-corrected chi connectivity index (χ3v) is 10.4. The summed E-state index contributed by atoms with van der Waals surface area (Å²) in [5.41, 5.74) is 7.45. The van der Waals surface area contributed by atoms with E-state index in [1.165, 1.54) is 24.7 Å². The maximum atomic E-state index is 13.9. The molecule has 0 radical (unpaired) electrons. The summed E-state index contributed by atoms with van der Waals surface area (Å²) in [6.07, 6.45) is 4.78. The van der Waals surface area contributed by atoms with Crippen molar-refractivity contribution in [2.45, 2.75) is 10.4 Å². The number of fused-ring (bicyclic) bond motifs is 1. The van der Waals surface area contributed by atoms with Crippen molar-refractivity contribution < 1.29 is 12.8 Å². The molecule has 8 rings (SSSR count). The first-order valence-electron chi connectivity index (χ1n) is 16.4. The van der Waals surface area contributed by atoms with Gasteiger partial charge < -0.3 is 0 Å². The van der Waals surface area contributed by atoms with E-state index < -0.39 is 15.4 Å². The van der Waals surface area contributed by atoms with Gasteiger partial charge in [-0.2, -0.15) is 5.10 Å². The zero-order valence-electron chi connectivity index (χ0n) is 27.6. The number of aromatic nitrogens is 4. The molecule has 0 saturated carbocycles. The summed E-state index contributed by atoms with van der Waals surface area (Å²) in [4.78, 5) is 9.37. The standard InChI is InChI=1S/C43H31FN4O2S/c1-51(49,50)37-24-19-31(20-25-37)42-39(32-21-26-40-38(27-32)41(46-29-45-40)30-17-22-36(44)23-18-30)28-48(47-42)43(33-11-5-2-6-12-33,34-13-7-3-8-14-34)35-15-9-4-10-16-35/h2-29H,1H3. The van der Waals surface area contributed by atoms with Crippen molar-refractivity contribution in [3.05, 3.63) is 193 Å². The summed E-state index contributed by atoms with van der Waals surface area (Å²) < 4.78 is 40.7. The van der Waals surface area contributed by atoms with Crippen LogP contribution in [-0.2, 0) is 15.4 Å². The average Bonchev–Trinajstić information content (AvgIpc) is 3.62. The second-order valence-corrected chi connectivity index (χ2v) is 14.4. The SMILES string of the molecule is CS(=O)(=O)c1ccc(-c2nn(C(c3ccccc3)(c3ccccc3)c3ccccc3)cc2-c2ccc3ncnc(-c4ccc(F)cc4)c3c2)cc1. The molecular weight excluding hydrogens is 656 g/mol. The first kappa shape index (κ1) is 32.0. The van der Waals surface area contributed by atoms with E-state index in [4.69, 9.17) is 5.10 Å². The van der Waals surface area contributed by atoms with E-state index in [0.29, 0.717) is 11.4 Å². The maximum Gasteiger partial charge on any atom is 0.175 e. The molecule has 0 unspecified atom stereocenters. The quantitative estimate of drug-likeness (QED) is 0.149. The Kier molecular flexibility index (Phi) is 8.09. The Hall–Kier alpha value is -6.25. The van der Waals surface area contributed by atoms with Crippen molar-refractivity contribution >= 4 is 20.7 Å². The lowest BCUT2D eigenvalue weighted by atomic mass is 9.77. The molecule has 6 nitrogen and oxygen atoms in total. The van der Waals surface area contributed by atoms with E-state index in [1.807, 2.05) is 77.5 Å². The van der Waals surface area contributed by atoms with Crippen LogP contribution in [0.3, 0.4) is 0 Å². The van der Waals surface area contributed by atoms with E-state index in [0.717, 1.165) is 49.8 Å². The van der Waals surface area contributed by atoms with Crippen molar-refractivity contribution in [3.63, 3.8) is 0 Å². The monoisotopic (exact) mass is 686 g/mol. The number of hydrogen-bond donors (Lipinski definition) is 0. The minimum Gasteiger partial charge on any atom is -0.252 e. The van der Waals surface area contributed by atoms with Crippen LogP contribution in [-0.4, -0.2) is 34.4 Å². The molecule has 6 aromatic carbocycles. The lowest BCUT2D eigenvalue weighted by Gasteiger charge is -2.36. The Morgan fingerprint density at radius 3 is 1.65 bits per heavy atom. The summed E-state index contributed by atoms with van der Waals surface area (Å²) >= 11 is 0. The molecule has 0 atom stereocenters. The molecule has 0 amide bonds. The highest BCUT2D eigenvalue weighted by Crippen LogP contribution is 2.44. The van der Waals surface area contributed by atoms with Crippen LogP contribution in [0.15, 0.2) is 175 Å². The van der Waals surface area contributed by atoms with Crippen LogP contribution in [0.5, 0.6) is 0 Å². The number of sulfone groups is 1. The van der Waals surface area contributed by atoms with Gasteiger partial charge in [-0.05, 0) is 70.8 Å². The van der Waals surface area contributed by atoms with Gasteiger partial charge in [0.1, 0.15) is 23.4 Å². The molecule has 0 aliphatic rings. The van der Waals surface area contributed by atoms with Gasteiger partial charge in [0.05, 0.1) is 16.1 Å². The summed E-state index contributed by atoms with van der Waals surface area (Å²) in [6, 6.07) is 50.0. The van der Waals surface area contributed by atoms with Crippen LogP contribution < -0.4 is 0 Å². The van der Waals surface area contributed by atoms with Gasteiger partial charge in [-0.25, -0.2) is 22.8 Å². The third kappa shape index (κ3) is 5.79. The Morgan fingerprint density at radius 1 is 0.588 bits per heavy atom. The van der Waals surface area contributed by atoms with E-state index in [2.05, 4.69) is 52.6 Å². The van der Waals surface area contributed by atoms with E-state index in [1.54, 1.807) is 36.4 Å². The maximum absolute atomic E-state index is 13.9. The third-order valence-electron chi connectivity index (χ3n) is 9.25. The predicted octanol–water partition coefficient (Wildman–Crippen LogP) is 9.21. The van der Waals surface area contributed by atoms with Gasteiger partial charge in [-0.1, -0.05) is 109 Å². The van der Waals surface area contributed by atoms with Gasteiger partial charge in [-0.15, -0.1) is 0 Å². The van der Waals surface area contributed by atoms with Crippen LogP contribution >= 0.6 is 0 Å². The van der Waals surface area contributed by atoms with Gasteiger partial charge in [0.15, 0.2) is 9.84 Å². The normalized spacial score (nSPS) is 11.9. The molecule has 8 heteroatoms. The van der Waals surface area contributed by atoms with Crippen LogP contribution in [0.4, 0.5) is 4.39 Å². The minimum absolute atomic E-state index is 0.228. The highest BCUT2D eigenvalue weighted by molar-refractivity contribution is 7.90. The smallest absolute Gasteiger partial charge is 0.175 e. The first-order valence-corrected chi connectivity index (χ1v) is 18.3. The molecule has 0 saturated heterocycles. The number of benzene rings is 6. The number of nitrogens with zero attached hydrogens (tertiary/aromatic N) is 4. The molecule has 2 aromatic heterocycles. The van der Waals surface area contributed by atoms with Gasteiger partial charge in [0, 0.05) is 34.5 Å². The van der Waals surface area contributed by atoms with Crippen molar-refractivity contribution in [3.8, 4) is 33.6 Å². The highest BCUT2D eigenvalue weighted by atomic mass is 32.2. The van der Waals surface area contributed by atoms with Gasteiger partial charge in [0.25, 0.3) is 0 Å². The van der Waals surface area contributed by atoms with Crippen LogP contribution in [0.2, 0.25) is 0 Å². The topological polar surface area (TPSA) is 77.7 Å². The van der Waals surface area contributed by atoms with E-state index in [9.17, 15) is 12.8 Å². The number of halogens is 1. The zero-order chi connectivity index (χ0) is 35.0. The van der Waals surface area contributed by atoms with Crippen molar-refractivity contribution in [2.24, 2.45) is 0 Å². The number of hydrogen-bond acceptors (Lipinski definition) is 5. The van der Waals surface area contributed by atoms with E-state index >= 15 is 0 Å². The molecule has 0 N–H and O–H groups in total. The molecule has 248 valence electrons. The molecular formula is C43H31FN4O2S.